The van der Waals surface area contributed by atoms with Gasteiger partial charge in [0, 0.05) is 18.8 Å². The average Bonchev–Trinajstić information content (AvgIpc) is 3.06. The number of nitrogens with zero attached hydrogens (tertiary/aromatic N) is 1. The monoisotopic (exact) mass is 351 g/mol. The Hall–Kier alpha value is -2.28. The van der Waals surface area contributed by atoms with Crippen molar-refractivity contribution in [3.63, 3.8) is 0 Å². The van der Waals surface area contributed by atoms with Crippen molar-refractivity contribution in [2.45, 2.75) is 19.3 Å². The van der Waals surface area contributed by atoms with Gasteiger partial charge in [-0.05, 0) is 37.0 Å². The zero-order valence-electron chi connectivity index (χ0n) is 12.9. The maximum Gasteiger partial charge on any atom is 0.321 e. The third kappa shape index (κ3) is 2.69. The fourth-order valence-electron chi connectivity index (χ4n) is 3.79. The maximum atomic E-state index is 12.4. The summed E-state index contributed by atoms with van der Waals surface area (Å²) in [5.41, 5.74) is 4.92. The van der Waals surface area contributed by atoms with Gasteiger partial charge in [-0.25, -0.2) is 4.79 Å². The van der Waals surface area contributed by atoms with Crippen LogP contribution in [-0.2, 0) is 4.79 Å². The summed E-state index contributed by atoms with van der Waals surface area (Å²) < 4.78 is 0. The summed E-state index contributed by atoms with van der Waals surface area (Å²) in [5, 5.41) is 12.5. The molecule has 1 saturated carbocycles. The molecule has 0 bridgehead atoms. The minimum atomic E-state index is -0.831. The molecule has 0 aromatic heterocycles. The van der Waals surface area contributed by atoms with Crippen LogP contribution in [0.2, 0.25) is 5.02 Å². The van der Waals surface area contributed by atoms with Crippen LogP contribution >= 0.6 is 11.6 Å². The first-order valence-electron chi connectivity index (χ1n) is 7.72. The fraction of sp³-hybridized carbons (Fsp3) is 0.438. The van der Waals surface area contributed by atoms with Crippen LogP contribution in [0, 0.1) is 11.3 Å². The first-order chi connectivity index (χ1) is 11.3. The fourth-order valence-corrected chi connectivity index (χ4v) is 4.00. The van der Waals surface area contributed by atoms with Crippen molar-refractivity contribution in [2.24, 2.45) is 17.1 Å². The third-order valence-electron chi connectivity index (χ3n) is 5.07. The number of fused-ring (bicyclic) bond motifs is 1. The summed E-state index contributed by atoms with van der Waals surface area (Å²) in [5.74, 6) is -1.52. The number of carboxylic acids is 1. The van der Waals surface area contributed by atoms with Crippen molar-refractivity contribution in [1.82, 2.24) is 4.90 Å². The van der Waals surface area contributed by atoms with Crippen LogP contribution in [0.3, 0.4) is 0 Å². The largest absolute Gasteiger partial charge is 0.481 e. The van der Waals surface area contributed by atoms with Crippen molar-refractivity contribution in [3.05, 3.63) is 28.8 Å². The number of nitrogens with one attached hydrogen (secondary N) is 1. The lowest BCUT2D eigenvalue weighted by Gasteiger charge is -2.23. The molecule has 1 aromatic rings. The second-order valence-electron chi connectivity index (χ2n) is 6.42. The Labute approximate surface area is 143 Å². The van der Waals surface area contributed by atoms with E-state index in [0.29, 0.717) is 18.7 Å². The highest BCUT2D eigenvalue weighted by Crippen LogP contribution is 2.48. The molecule has 2 aliphatic rings. The van der Waals surface area contributed by atoms with Crippen LogP contribution in [0.15, 0.2) is 18.2 Å². The van der Waals surface area contributed by atoms with E-state index in [0.717, 1.165) is 12.8 Å². The number of carbonyl (C=O) groups excluding carboxylic acids is 2. The van der Waals surface area contributed by atoms with E-state index >= 15 is 0 Å². The normalized spacial score (nSPS) is 25.4. The van der Waals surface area contributed by atoms with Crippen LogP contribution in [0.5, 0.6) is 0 Å². The number of amides is 3. The number of likely N-dealkylation sites (tertiary alicyclic amines) is 1. The number of anilines is 1. The van der Waals surface area contributed by atoms with Gasteiger partial charge in [0.25, 0.3) is 0 Å². The van der Waals surface area contributed by atoms with Gasteiger partial charge in [0.15, 0.2) is 0 Å². The molecule has 7 nitrogen and oxygen atoms in total. The molecule has 1 heterocycles. The van der Waals surface area contributed by atoms with Crippen LogP contribution in [0.1, 0.15) is 29.6 Å². The van der Waals surface area contributed by atoms with Crippen LogP contribution < -0.4 is 11.1 Å². The van der Waals surface area contributed by atoms with Gasteiger partial charge < -0.3 is 21.1 Å². The Morgan fingerprint density at radius 1 is 1.38 bits per heavy atom. The number of nitrogens with two attached hydrogens (primary N) is 1. The van der Waals surface area contributed by atoms with Crippen molar-refractivity contribution >= 4 is 35.2 Å². The van der Waals surface area contributed by atoms with Crippen LogP contribution in [0.25, 0.3) is 0 Å². The molecule has 4 N–H and O–H groups in total. The number of primary amides is 1. The quantitative estimate of drug-likeness (QED) is 0.774. The van der Waals surface area contributed by atoms with Gasteiger partial charge in [-0.2, -0.15) is 0 Å². The second-order valence-corrected chi connectivity index (χ2v) is 6.83. The number of carbonyl (C=O) groups is 3. The van der Waals surface area contributed by atoms with E-state index in [9.17, 15) is 19.5 Å². The molecule has 3 rings (SSSR count). The zero-order valence-corrected chi connectivity index (χ0v) is 13.7. The summed E-state index contributed by atoms with van der Waals surface area (Å²) in [6, 6.07) is 4.07. The highest BCUT2D eigenvalue weighted by Gasteiger charge is 2.55. The lowest BCUT2D eigenvalue weighted by Crippen LogP contribution is -2.38. The number of hydrogen-bond donors (Lipinski definition) is 3. The minimum absolute atomic E-state index is 0.00727. The Morgan fingerprint density at radius 2 is 2.12 bits per heavy atom. The molecule has 128 valence electrons. The smallest absolute Gasteiger partial charge is 0.321 e. The summed E-state index contributed by atoms with van der Waals surface area (Å²) in [6.07, 6.45) is 2.30. The first-order valence-corrected chi connectivity index (χ1v) is 8.10. The Morgan fingerprint density at radius 3 is 2.75 bits per heavy atom. The molecular formula is C16H18ClN3O4. The van der Waals surface area contributed by atoms with Crippen molar-refractivity contribution in [1.29, 1.82) is 0 Å². The molecule has 0 unspecified atom stereocenters. The number of carboxylic acid groups (broad SMARTS) is 1. The molecular weight excluding hydrogens is 334 g/mol. The molecule has 1 aliphatic heterocycles. The standard InChI is InChI=1S/C16H18ClN3O4/c17-12-4-3-10(6-11(12)13(18)21)19-15(24)20-7-9-2-1-5-16(9,8-20)14(22)23/h3-4,6,9H,1-2,5,7-8H2,(H2,18,21)(H,19,24)(H,22,23)/t9-,16+/m0/s1. The van der Waals surface area contributed by atoms with E-state index in [4.69, 9.17) is 17.3 Å². The number of benzene rings is 1. The van der Waals surface area contributed by atoms with Crippen LogP contribution in [-0.4, -0.2) is 41.0 Å². The van der Waals surface area contributed by atoms with E-state index in [1.807, 2.05) is 0 Å². The maximum absolute atomic E-state index is 12.4. The summed E-state index contributed by atoms with van der Waals surface area (Å²) in [4.78, 5) is 37.0. The lowest BCUT2D eigenvalue weighted by atomic mass is 9.81. The molecule has 1 aliphatic carbocycles. The topological polar surface area (TPSA) is 113 Å². The summed E-state index contributed by atoms with van der Waals surface area (Å²) >= 11 is 5.88. The summed E-state index contributed by atoms with van der Waals surface area (Å²) in [7, 11) is 0. The number of urea groups is 1. The van der Waals surface area contributed by atoms with Crippen LogP contribution in [0.4, 0.5) is 10.5 Å². The summed E-state index contributed by atoms with van der Waals surface area (Å²) in [6.45, 7) is 0.628. The SMILES string of the molecule is NC(=O)c1cc(NC(=O)N2C[C@@H]3CCC[C@@]3(C(=O)O)C2)ccc1Cl. The Balaban J connectivity index is 1.74. The highest BCUT2D eigenvalue weighted by atomic mass is 35.5. The van der Waals surface area contributed by atoms with Gasteiger partial charge >= 0.3 is 12.0 Å². The molecule has 0 radical (unpaired) electrons. The van der Waals surface area contributed by atoms with E-state index in [1.165, 1.54) is 17.0 Å². The predicted molar refractivity (Wildman–Crippen MR) is 88.0 cm³/mol. The number of halogens is 1. The average molecular weight is 352 g/mol. The van der Waals surface area contributed by atoms with Gasteiger partial charge in [-0.1, -0.05) is 18.0 Å². The Bertz CT molecular complexity index is 723. The van der Waals surface area contributed by atoms with Crippen molar-refractivity contribution in [3.8, 4) is 0 Å². The predicted octanol–water partition coefficient (Wildman–Crippen LogP) is 2.16. The zero-order chi connectivity index (χ0) is 17.5. The lowest BCUT2D eigenvalue weighted by molar-refractivity contribution is -0.149. The molecule has 1 aromatic carbocycles. The van der Waals surface area contributed by atoms with Gasteiger partial charge in [-0.3, -0.25) is 9.59 Å². The van der Waals surface area contributed by atoms with Gasteiger partial charge in [0.2, 0.25) is 5.91 Å². The first kappa shape index (κ1) is 16.6. The number of hydrogen-bond acceptors (Lipinski definition) is 3. The van der Waals surface area contributed by atoms with Gasteiger partial charge in [0.05, 0.1) is 16.0 Å². The van der Waals surface area contributed by atoms with Crippen molar-refractivity contribution < 1.29 is 19.5 Å². The molecule has 1 saturated heterocycles. The van der Waals surface area contributed by atoms with E-state index < -0.39 is 17.3 Å². The van der Waals surface area contributed by atoms with E-state index in [1.54, 1.807) is 6.07 Å². The Kier molecular flexibility index (Phi) is 4.13. The molecule has 24 heavy (non-hydrogen) atoms. The third-order valence-corrected chi connectivity index (χ3v) is 5.40. The van der Waals surface area contributed by atoms with Gasteiger partial charge in [0.1, 0.15) is 0 Å². The van der Waals surface area contributed by atoms with E-state index in [2.05, 4.69) is 5.32 Å². The second kappa shape index (κ2) is 5.98. The molecule has 3 amide bonds. The van der Waals surface area contributed by atoms with Gasteiger partial charge in [-0.15, -0.1) is 0 Å². The van der Waals surface area contributed by atoms with Crippen molar-refractivity contribution in [2.75, 3.05) is 18.4 Å². The molecule has 2 fully saturated rings. The molecule has 8 heteroatoms. The number of aliphatic carboxylic acids is 1. The number of rotatable bonds is 3. The highest BCUT2D eigenvalue weighted by molar-refractivity contribution is 6.34. The molecule has 2 atom stereocenters. The minimum Gasteiger partial charge on any atom is -0.481 e. The molecule has 0 spiro atoms. The van der Waals surface area contributed by atoms with E-state index in [-0.39, 0.29) is 29.1 Å².